The molecule has 0 spiro atoms. The maximum absolute atomic E-state index is 14.0. The quantitative estimate of drug-likeness (QED) is 0.261. The molecule has 46 heavy (non-hydrogen) atoms. The molecule has 2 aliphatic heterocycles. The molecule has 0 radical (unpaired) electrons. The van der Waals surface area contributed by atoms with Gasteiger partial charge in [0.25, 0.3) is 6.01 Å². The number of sulfonamides is 1. The number of nitrogens with one attached hydrogen (secondary N) is 1. The van der Waals surface area contributed by atoms with Gasteiger partial charge in [-0.25, -0.2) is 13.2 Å². The highest BCUT2D eigenvalue weighted by Gasteiger charge is 2.53. The van der Waals surface area contributed by atoms with Gasteiger partial charge in [0.1, 0.15) is 17.4 Å². The Hall–Kier alpha value is -3.43. The van der Waals surface area contributed by atoms with Crippen LogP contribution < -0.4 is 15.8 Å². The van der Waals surface area contributed by atoms with E-state index in [2.05, 4.69) is 10.3 Å². The van der Waals surface area contributed by atoms with E-state index in [9.17, 15) is 18.3 Å². The zero-order valence-electron chi connectivity index (χ0n) is 26.4. The molecule has 2 aromatic carbocycles. The summed E-state index contributed by atoms with van der Waals surface area (Å²) >= 11 is 0. The molecule has 13 nitrogen and oxygen atoms in total. The van der Waals surface area contributed by atoms with Crippen molar-refractivity contribution in [2.75, 3.05) is 32.5 Å². The highest BCUT2D eigenvalue weighted by Crippen LogP contribution is 2.46. The van der Waals surface area contributed by atoms with Crippen molar-refractivity contribution in [2.45, 2.75) is 75.6 Å². The lowest BCUT2D eigenvalue weighted by Crippen LogP contribution is -2.53. The highest BCUT2D eigenvalue weighted by atomic mass is 32.2. The minimum absolute atomic E-state index is 0.0274. The highest BCUT2D eigenvalue weighted by molar-refractivity contribution is 7.89. The molecule has 3 fully saturated rings. The molecule has 2 saturated heterocycles. The third-order valence-electron chi connectivity index (χ3n) is 9.05. The van der Waals surface area contributed by atoms with Gasteiger partial charge in [0.2, 0.25) is 10.0 Å². The molecule has 1 amide bonds. The first kappa shape index (κ1) is 32.5. The van der Waals surface area contributed by atoms with Gasteiger partial charge in [-0.3, -0.25) is 0 Å². The molecule has 1 aromatic heterocycles. The fraction of sp³-hybridized carbons (Fsp3) is 0.562. The number of nitrogens with two attached hydrogens (primary N) is 1. The Morgan fingerprint density at radius 1 is 1.17 bits per heavy atom. The number of aryl methyl sites for hydroxylation is 1. The van der Waals surface area contributed by atoms with Crippen LogP contribution in [0.25, 0.3) is 11.1 Å². The number of nitrogens with zero attached hydrogens (tertiary/aromatic N) is 2. The molecule has 250 valence electrons. The maximum atomic E-state index is 14.0. The number of rotatable bonds is 12. The smallest absolute Gasteiger partial charge is 0.407 e. The van der Waals surface area contributed by atoms with Gasteiger partial charge in [0, 0.05) is 31.0 Å². The van der Waals surface area contributed by atoms with Crippen LogP contribution in [0.5, 0.6) is 5.75 Å². The monoisotopic (exact) mass is 658 g/mol. The van der Waals surface area contributed by atoms with Crippen molar-refractivity contribution in [3.05, 3.63) is 47.5 Å². The van der Waals surface area contributed by atoms with Crippen LogP contribution in [0.1, 0.15) is 37.8 Å². The van der Waals surface area contributed by atoms with Crippen molar-refractivity contribution in [2.24, 2.45) is 17.8 Å². The largest absolute Gasteiger partial charge is 0.496 e. The number of benzene rings is 2. The second-order valence-corrected chi connectivity index (χ2v) is 14.9. The molecule has 4 N–H and O–H groups in total. The Balaban J connectivity index is 1.24. The number of fused-ring (bicyclic) bond motifs is 3. The van der Waals surface area contributed by atoms with Gasteiger partial charge in [-0.15, -0.1) is 0 Å². The first-order chi connectivity index (χ1) is 21.9. The lowest BCUT2D eigenvalue weighted by Gasteiger charge is -2.37. The van der Waals surface area contributed by atoms with Crippen molar-refractivity contribution < 1.29 is 41.7 Å². The Morgan fingerprint density at radius 3 is 2.74 bits per heavy atom. The van der Waals surface area contributed by atoms with Crippen LogP contribution >= 0.6 is 0 Å². The first-order valence-corrected chi connectivity index (χ1v) is 17.1. The lowest BCUT2D eigenvalue weighted by molar-refractivity contribution is -0.153. The SMILES string of the molecule is COc1cc(CC(NC(=O)OC2C3COC4OC2CC4C3)[C@H](O)CN(CC(C)C)S(=O)(=O)c2ccc3nc(N)oc3c2)ccc1C. The van der Waals surface area contributed by atoms with Gasteiger partial charge in [-0.05, 0) is 61.4 Å². The van der Waals surface area contributed by atoms with Crippen molar-refractivity contribution in [1.82, 2.24) is 14.6 Å². The molecule has 3 bridgehead atoms. The fourth-order valence-corrected chi connectivity index (χ4v) is 8.44. The normalized spacial score (nSPS) is 25.2. The molecular formula is C32H42N4O9S. The summed E-state index contributed by atoms with van der Waals surface area (Å²) in [5.41, 5.74) is 8.04. The summed E-state index contributed by atoms with van der Waals surface area (Å²) in [6.45, 7) is 5.98. The molecular weight excluding hydrogens is 616 g/mol. The average Bonchev–Trinajstić information content (AvgIpc) is 3.53. The summed E-state index contributed by atoms with van der Waals surface area (Å²) in [6, 6.07) is 8.97. The number of anilines is 1. The number of hydrogen-bond acceptors (Lipinski definition) is 11. The molecule has 3 heterocycles. The van der Waals surface area contributed by atoms with Gasteiger partial charge in [0.15, 0.2) is 11.9 Å². The van der Waals surface area contributed by atoms with Crippen LogP contribution in [-0.2, 0) is 30.7 Å². The van der Waals surface area contributed by atoms with E-state index in [-0.39, 0.29) is 60.2 Å². The summed E-state index contributed by atoms with van der Waals surface area (Å²) < 4.78 is 57.7. The summed E-state index contributed by atoms with van der Waals surface area (Å²) in [7, 11) is -2.54. The van der Waals surface area contributed by atoms with Gasteiger partial charge < -0.3 is 39.5 Å². The number of carbonyl (C=O) groups is 1. The average molecular weight is 659 g/mol. The van der Waals surface area contributed by atoms with Crippen LogP contribution in [0.3, 0.4) is 0 Å². The Labute approximate surface area is 268 Å². The Bertz CT molecular complexity index is 1670. The van der Waals surface area contributed by atoms with Gasteiger partial charge in [-0.2, -0.15) is 9.29 Å². The number of hydrogen-bond donors (Lipinski definition) is 3. The minimum atomic E-state index is -4.11. The third kappa shape index (κ3) is 6.67. The van der Waals surface area contributed by atoms with Crippen LogP contribution in [0.4, 0.5) is 10.8 Å². The number of aromatic nitrogens is 1. The van der Waals surface area contributed by atoms with Gasteiger partial charge in [0.05, 0.1) is 36.9 Å². The molecule has 3 aromatic rings. The maximum Gasteiger partial charge on any atom is 0.407 e. The molecule has 6 rings (SSSR count). The van der Waals surface area contributed by atoms with Crippen molar-refractivity contribution in [1.29, 1.82) is 0 Å². The van der Waals surface area contributed by atoms with Crippen LogP contribution in [0.2, 0.25) is 0 Å². The Kier molecular flexibility index (Phi) is 9.18. The van der Waals surface area contributed by atoms with Crippen LogP contribution in [-0.4, -0.2) is 86.4 Å². The predicted octanol–water partition coefficient (Wildman–Crippen LogP) is 3.22. The summed E-state index contributed by atoms with van der Waals surface area (Å²) in [4.78, 5) is 17.4. The molecule has 6 unspecified atom stereocenters. The summed E-state index contributed by atoms with van der Waals surface area (Å²) in [6.07, 6.45) is -1.17. The minimum Gasteiger partial charge on any atom is -0.496 e. The van der Waals surface area contributed by atoms with Crippen LogP contribution in [0, 0.1) is 24.7 Å². The standard InChI is InChI=1S/C32H42N4O9S/c1-17(2)14-36(46(39,40)22-7-8-23-27(13-22)44-31(33)34-23)15-25(37)24(9-19-6-5-18(3)26(10-19)41-4)35-32(38)45-29-21-11-20-12-28(29)43-30(20)42-16-21/h5-8,10,13,17,20-21,24-25,28-30,37H,9,11-12,14-16H2,1-4H3,(H2,33,34)(H,35,38)/t20?,21?,24?,25-,28?,29?,30?/m1/s1. The van der Waals surface area contributed by atoms with E-state index in [0.29, 0.717) is 23.8 Å². The summed E-state index contributed by atoms with van der Waals surface area (Å²) in [5, 5.41) is 14.5. The molecule has 14 heteroatoms. The van der Waals surface area contributed by atoms with E-state index in [1.165, 1.54) is 22.5 Å². The van der Waals surface area contributed by atoms with Crippen molar-refractivity contribution >= 4 is 33.2 Å². The second kappa shape index (κ2) is 13.0. The summed E-state index contributed by atoms with van der Waals surface area (Å²) in [5.74, 6) is 0.936. The number of amides is 1. The van der Waals surface area contributed by atoms with Crippen molar-refractivity contribution in [3.8, 4) is 5.75 Å². The number of methoxy groups -OCH3 is 1. The van der Waals surface area contributed by atoms with Crippen LogP contribution in [0.15, 0.2) is 45.7 Å². The molecule has 7 atom stereocenters. The molecule has 1 saturated carbocycles. The van der Waals surface area contributed by atoms with E-state index in [1.54, 1.807) is 7.11 Å². The zero-order chi connectivity index (χ0) is 32.7. The van der Waals surface area contributed by atoms with E-state index in [0.717, 1.165) is 24.0 Å². The second-order valence-electron chi connectivity index (χ2n) is 13.0. The number of alkyl carbamates (subject to hydrolysis) is 1. The van der Waals surface area contributed by atoms with E-state index in [4.69, 9.17) is 29.1 Å². The van der Waals surface area contributed by atoms with Gasteiger partial charge in [-0.1, -0.05) is 26.0 Å². The first-order valence-electron chi connectivity index (χ1n) is 15.6. The van der Waals surface area contributed by atoms with E-state index < -0.39 is 34.4 Å². The fourth-order valence-electron chi connectivity index (χ4n) is 6.81. The van der Waals surface area contributed by atoms with Gasteiger partial charge >= 0.3 is 6.09 Å². The topological polar surface area (TPSA) is 176 Å². The van der Waals surface area contributed by atoms with E-state index in [1.807, 2.05) is 39.0 Å². The molecule has 3 aliphatic rings. The lowest BCUT2D eigenvalue weighted by atomic mass is 9.78. The third-order valence-corrected chi connectivity index (χ3v) is 10.9. The number of nitrogen functional groups attached to an aromatic ring is 1. The number of oxazole rings is 1. The Morgan fingerprint density at radius 2 is 1.98 bits per heavy atom. The number of carbonyl (C=O) groups excluding carboxylic acids is 1. The zero-order valence-corrected chi connectivity index (χ0v) is 27.2. The van der Waals surface area contributed by atoms with Crippen molar-refractivity contribution in [3.63, 3.8) is 0 Å². The van der Waals surface area contributed by atoms with E-state index >= 15 is 0 Å². The predicted molar refractivity (Wildman–Crippen MR) is 167 cm³/mol. The number of aliphatic hydroxyl groups is 1. The number of ether oxygens (including phenoxy) is 4. The molecule has 1 aliphatic carbocycles. The number of aliphatic hydroxyl groups excluding tert-OH is 1.